The van der Waals surface area contributed by atoms with Crippen LogP contribution in [0.1, 0.15) is 48.5 Å². The van der Waals surface area contributed by atoms with Crippen molar-refractivity contribution in [3.63, 3.8) is 0 Å². The van der Waals surface area contributed by atoms with E-state index in [1.807, 2.05) is 66.7 Å². The summed E-state index contributed by atoms with van der Waals surface area (Å²) in [6.45, 7) is 4.17. The van der Waals surface area contributed by atoms with Gasteiger partial charge in [-0.15, -0.1) is 11.8 Å². The van der Waals surface area contributed by atoms with Gasteiger partial charge in [0.05, 0.1) is 23.8 Å². The number of aliphatic hydroxyl groups excluding tert-OH is 1. The Morgan fingerprint density at radius 3 is 2.35 bits per heavy atom. The number of thioether (sulfide) groups is 1. The van der Waals surface area contributed by atoms with Gasteiger partial charge in [0.1, 0.15) is 0 Å². The molecule has 3 aromatic rings. The van der Waals surface area contributed by atoms with Gasteiger partial charge in [-0.1, -0.05) is 61.5 Å². The smallest absolute Gasteiger partial charge is 0.217 e. The van der Waals surface area contributed by atoms with Gasteiger partial charge in [0, 0.05) is 36.9 Å². The van der Waals surface area contributed by atoms with Gasteiger partial charge < -0.3 is 19.9 Å². The van der Waals surface area contributed by atoms with Gasteiger partial charge in [-0.2, -0.15) is 0 Å². The molecule has 0 unspecified atom stereocenters. The Morgan fingerprint density at radius 2 is 1.71 bits per heavy atom. The lowest BCUT2D eigenvalue weighted by molar-refractivity contribution is -0.268. The molecular weight excluding hydrogens is 448 g/mol. The molecule has 1 aliphatic heterocycles. The van der Waals surface area contributed by atoms with Crippen molar-refractivity contribution in [2.24, 2.45) is 5.92 Å². The van der Waals surface area contributed by atoms with Gasteiger partial charge >= 0.3 is 0 Å². The number of hydrogen-bond acceptors (Lipinski definition) is 6. The van der Waals surface area contributed by atoms with Crippen molar-refractivity contribution in [3.05, 3.63) is 95.2 Å². The Labute approximate surface area is 204 Å². The molecule has 0 bridgehead atoms. The third-order valence-corrected chi connectivity index (χ3v) is 6.98. The number of aromatic nitrogens is 1. The maximum atomic E-state index is 11.2. The quantitative estimate of drug-likeness (QED) is 0.453. The van der Waals surface area contributed by atoms with Gasteiger partial charge in [0.25, 0.3) is 0 Å². The molecule has 1 aromatic heterocycles. The zero-order chi connectivity index (χ0) is 23.9. The molecule has 0 aliphatic carbocycles. The van der Waals surface area contributed by atoms with Crippen molar-refractivity contribution in [1.29, 1.82) is 0 Å². The second kappa shape index (κ2) is 11.6. The Kier molecular flexibility index (Phi) is 8.34. The highest BCUT2D eigenvalue weighted by Gasteiger charge is 2.38. The summed E-state index contributed by atoms with van der Waals surface area (Å²) in [5.41, 5.74) is 3.88. The molecule has 1 aliphatic rings. The Bertz CT molecular complexity index is 1060. The van der Waals surface area contributed by atoms with Crippen molar-refractivity contribution in [1.82, 2.24) is 10.3 Å². The lowest BCUT2D eigenvalue weighted by Gasteiger charge is -2.41. The summed E-state index contributed by atoms with van der Waals surface area (Å²) in [4.78, 5) is 15.6. The van der Waals surface area contributed by atoms with Crippen LogP contribution in [0.5, 0.6) is 0 Å². The number of carbonyl (C=O) groups excluding carboxylic acids is 1. The number of aliphatic hydroxyl groups is 1. The zero-order valence-electron chi connectivity index (χ0n) is 19.4. The molecule has 6 nitrogen and oxygen atoms in total. The summed E-state index contributed by atoms with van der Waals surface area (Å²) < 4.78 is 12.9. The van der Waals surface area contributed by atoms with Crippen LogP contribution in [0.25, 0.3) is 0 Å². The molecule has 1 saturated heterocycles. The Morgan fingerprint density at radius 1 is 1.00 bits per heavy atom. The molecule has 4 rings (SSSR count). The van der Waals surface area contributed by atoms with Crippen LogP contribution < -0.4 is 5.32 Å². The molecule has 7 heteroatoms. The number of amides is 1. The lowest BCUT2D eigenvalue weighted by Crippen LogP contribution is -2.38. The molecule has 1 fully saturated rings. The summed E-state index contributed by atoms with van der Waals surface area (Å²) in [6, 6.07) is 21.8. The predicted molar refractivity (Wildman–Crippen MR) is 132 cm³/mol. The summed E-state index contributed by atoms with van der Waals surface area (Å²) in [7, 11) is 0. The fourth-order valence-corrected chi connectivity index (χ4v) is 4.96. The van der Waals surface area contributed by atoms with Crippen molar-refractivity contribution in [3.8, 4) is 0 Å². The number of nitrogens with zero attached hydrogens (tertiary/aromatic N) is 1. The average molecular weight is 479 g/mol. The predicted octanol–water partition coefficient (Wildman–Crippen LogP) is 4.79. The average Bonchev–Trinajstić information content (AvgIpc) is 2.88. The molecule has 0 spiro atoms. The number of ether oxygens (including phenoxy) is 2. The standard InChI is InChI=1S/C27H30N2O4S/c1-18-24(17-34-25-5-3-4-14-28-25)32-27(23-12-6-20(7-13-23)15-29-19(2)31)33-26(18)22-10-8-21(16-30)9-11-22/h3-14,18,24,26-27,30H,15-17H2,1-2H3,(H,29,31)/t18-,24+,26+,27+/m0/s1. The minimum absolute atomic E-state index is 0.0151. The van der Waals surface area contributed by atoms with E-state index in [1.54, 1.807) is 18.0 Å². The largest absolute Gasteiger partial charge is 0.392 e. The number of benzene rings is 2. The van der Waals surface area contributed by atoms with Gasteiger partial charge in [-0.05, 0) is 28.8 Å². The first kappa shape index (κ1) is 24.4. The number of hydrogen-bond donors (Lipinski definition) is 2. The van der Waals surface area contributed by atoms with Crippen LogP contribution in [0, 0.1) is 5.92 Å². The molecule has 1 amide bonds. The highest BCUT2D eigenvalue weighted by molar-refractivity contribution is 7.99. The van der Waals surface area contributed by atoms with Crippen LogP contribution in [-0.4, -0.2) is 27.9 Å². The molecule has 34 heavy (non-hydrogen) atoms. The molecule has 178 valence electrons. The monoisotopic (exact) mass is 478 g/mol. The van der Waals surface area contributed by atoms with E-state index in [9.17, 15) is 9.90 Å². The third-order valence-electron chi connectivity index (χ3n) is 5.95. The van der Waals surface area contributed by atoms with Crippen LogP contribution in [-0.2, 0) is 27.4 Å². The van der Waals surface area contributed by atoms with E-state index >= 15 is 0 Å². The minimum atomic E-state index is -0.511. The van der Waals surface area contributed by atoms with E-state index in [0.29, 0.717) is 6.54 Å². The van der Waals surface area contributed by atoms with Crippen molar-refractivity contribution >= 4 is 17.7 Å². The van der Waals surface area contributed by atoms with Crippen LogP contribution in [0.4, 0.5) is 0 Å². The molecule has 0 radical (unpaired) electrons. The summed E-state index contributed by atoms with van der Waals surface area (Å²) >= 11 is 1.68. The van der Waals surface area contributed by atoms with Gasteiger partial charge in [0.2, 0.25) is 5.91 Å². The molecule has 2 aromatic carbocycles. The second-order valence-electron chi connectivity index (χ2n) is 8.45. The molecule has 4 atom stereocenters. The number of pyridine rings is 1. The SMILES string of the molecule is CC(=O)NCc1ccc([C@@H]2O[C@H](CSc3ccccn3)[C@H](C)[C@H](c3ccc(CO)cc3)O2)cc1. The topological polar surface area (TPSA) is 80.7 Å². The fourth-order valence-electron chi connectivity index (χ4n) is 3.93. The van der Waals surface area contributed by atoms with Crippen LogP contribution in [0.2, 0.25) is 0 Å². The molecule has 2 N–H and O–H groups in total. The first-order valence-corrected chi connectivity index (χ1v) is 12.4. The van der Waals surface area contributed by atoms with E-state index in [4.69, 9.17) is 9.47 Å². The van der Waals surface area contributed by atoms with Crippen LogP contribution >= 0.6 is 11.8 Å². The fraction of sp³-hybridized carbons (Fsp3) is 0.333. The molecular formula is C27H30N2O4S. The Balaban J connectivity index is 1.54. The molecule has 2 heterocycles. The van der Waals surface area contributed by atoms with Crippen molar-refractivity contribution < 1.29 is 19.4 Å². The summed E-state index contributed by atoms with van der Waals surface area (Å²) in [6.07, 6.45) is 1.09. The number of carbonyl (C=O) groups is 1. The Hall–Kier alpha value is -2.71. The van der Waals surface area contributed by atoms with Crippen LogP contribution in [0.3, 0.4) is 0 Å². The zero-order valence-corrected chi connectivity index (χ0v) is 20.2. The third kappa shape index (κ3) is 6.24. The summed E-state index contributed by atoms with van der Waals surface area (Å²) in [5.74, 6) is 0.816. The van der Waals surface area contributed by atoms with E-state index in [1.165, 1.54) is 6.92 Å². The maximum absolute atomic E-state index is 11.2. The van der Waals surface area contributed by atoms with E-state index < -0.39 is 6.29 Å². The number of nitrogens with one attached hydrogen (secondary N) is 1. The normalized spacial score (nSPS) is 22.3. The van der Waals surface area contributed by atoms with E-state index in [-0.39, 0.29) is 30.6 Å². The van der Waals surface area contributed by atoms with Gasteiger partial charge in [-0.25, -0.2) is 4.98 Å². The van der Waals surface area contributed by atoms with E-state index in [0.717, 1.165) is 33.0 Å². The second-order valence-corrected chi connectivity index (χ2v) is 9.49. The van der Waals surface area contributed by atoms with Crippen LogP contribution in [0.15, 0.2) is 78.0 Å². The van der Waals surface area contributed by atoms with Crippen molar-refractivity contribution in [2.75, 3.05) is 5.75 Å². The van der Waals surface area contributed by atoms with E-state index in [2.05, 4.69) is 17.2 Å². The lowest BCUT2D eigenvalue weighted by atomic mass is 9.91. The first-order chi connectivity index (χ1) is 16.5. The van der Waals surface area contributed by atoms with Gasteiger partial charge in [-0.3, -0.25) is 4.79 Å². The minimum Gasteiger partial charge on any atom is -0.392 e. The van der Waals surface area contributed by atoms with Gasteiger partial charge in [0.15, 0.2) is 6.29 Å². The highest BCUT2D eigenvalue weighted by Crippen LogP contribution is 2.42. The van der Waals surface area contributed by atoms with Crippen molar-refractivity contribution in [2.45, 2.75) is 50.5 Å². The molecule has 0 saturated carbocycles. The first-order valence-electron chi connectivity index (χ1n) is 11.4. The number of rotatable bonds is 8. The maximum Gasteiger partial charge on any atom is 0.217 e. The summed E-state index contributed by atoms with van der Waals surface area (Å²) in [5, 5.41) is 13.2. The highest BCUT2D eigenvalue weighted by atomic mass is 32.2.